The molecular formula is C17H16O4. The summed E-state index contributed by atoms with van der Waals surface area (Å²) in [5.41, 5.74) is 0.948. The van der Waals surface area contributed by atoms with Gasteiger partial charge >= 0.3 is 5.97 Å². The van der Waals surface area contributed by atoms with Crippen molar-refractivity contribution in [3.8, 4) is 11.5 Å². The number of hydrogen-bond donors (Lipinski definition) is 0. The average molecular weight is 284 g/mol. The molecule has 4 nitrogen and oxygen atoms in total. The number of hydrogen-bond acceptors (Lipinski definition) is 4. The molecule has 108 valence electrons. The Balaban J connectivity index is 1.96. The smallest absolute Gasteiger partial charge is 0.303 e. The summed E-state index contributed by atoms with van der Waals surface area (Å²) in [6.07, 6.45) is -0.879. The van der Waals surface area contributed by atoms with E-state index in [4.69, 9.17) is 14.2 Å². The largest absolute Gasteiger partial charge is 0.486 e. The monoisotopic (exact) mass is 284 g/mol. The highest BCUT2D eigenvalue weighted by molar-refractivity contribution is 5.66. The standard InChI is InChI=1S/C17H16O4/c1-12(18)20-16-11-19-14-9-5-6-10-15(14)21-17(16)13-7-3-2-4-8-13/h2-10,16-17H,11H2,1H3/t16-,17+/m0/s1. The average Bonchev–Trinajstić information content (AvgIpc) is 2.68. The minimum Gasteiger partial charge on any atom is -0.486 e. The summed E-state index contributed by atoms with van der Waals surface area (Å²) in [5.74, 6) is 0.966. The molecule has 0 amide bonds. The molecule has 1 aliphatic heterocycles. The lowest BCUT2D eigenvalue weighted by Crippen LogP contribution is -2.32. The highest BCUT2D eigenvalue weighted by Crippen LogP contribution is 2.36. The highest BCUT2D eigenvalue weighted by Gasteiger charge is 2.32. The molecular weight excluding hydrogens is 268 g/mol. The lowest BCUT2D eigenvalue weighted by atomic mass is 10.0. The van der Waals surface area contributed by atoms with Gasteiger partial charge in [0.2, 0.25) is 0 Å². The molecule has 0 aliphatic carbocycles. The molecule has 1 heterocycles. The van der Waals surface area contributed by atoms with Gasteiger partial charge in [-0.3, -0.25) is 4.79 Å². The molecule has 0 saturated heterocycles. The van der Waals surface area contributed by atoms with Gasteiger partial charge in [-0.25, -0.2) is 0 Å². The quantitative estimate of drug-likeness (QED) is 0.795. The molecule has 0 N–H and O–H groups in total. The summed E-state index contributed by atoms with van der Waals surface area (Å²) in [5, 5.41) is 0. The zero-order valence-corrected chi connectivity index (χ0v) is 11.7. The molecule has 0 aromatic heterocycles. The van der Waals surface area contributed by atoms with E-state index < -0.39 is 12.2 Å². The van der Waals surface area contributed by atoms with Gasteiger partial charge < -0.3 is 14.2 Å². The predicted octanol–water partition coefficient (Wildman–Crippen LogP) is 3.13. The van der Waals surface area contributed by atoms with Gasteiger partial charge in [0.25, 0.3) is 0 Å². The number of esters is 1. The highest BCUT2D eigenvalue weighted by atomic mass is 16.6. The zero-order chi connectivity index (χ0) is 14.7. The Morgan fingerprint density at radius 3 is 2.43 bits per heavy atom. The lowest BCUT2D eigenvalue weighted by Gasteiger charge is -2.24. The number of rotatable bonds is 2. The number of para-hydroxylation sites is 2. The molecule has 4 heteroatoms. The molecule has 1 aliphatic rings. The van der Waals surface area contributed by atoms with Gasteiger partial charge in [0, 0.05) is 6.92 Å². The van der Waals surface area contributed by atoms with Crippen molar-refractivity contribution in [2.45, 2.75) is 19.1 Å². The lowest BCUT2D eigenvalue weighted by molar-refractivity contribution is -0.152. The van der Waals surface area contributed by atoms with Crippen LogP contribution in [0, 0.1) is 0 Å². The maximum absolute atomic E-state index is 11.3. The van der Waals surface area contributed by atoms with Crippen molar-refractivity contribution >= 4 is 5.97 Å². The van der Waals surface area contributed by atoms with Crippen LogP contribution in [-0.4, -0.2) is 18.7 Å². The molecule has 0 fully saturated rings. The fourth-order valence-electron chi connectivity index (χ4n) is 2.37. The molecule has 21 heavy (non-hydrogen) atoms. The van der Waals surface area contributed by atoms with Crippen molar-refractivity contribution < 1.29 is 19.0 Å². The van der Waals surface area contributed by atoms with Crippen LogP contribution in [0.25, 0.3) is 0 Å². The molecule has 2 aromatic carbocycles. The summed E-state index contributed by atoms with van der Waals surface area (Å²) in [4.78, 5) is 11.3. The van der Waals surface area contributed by atoms with Crippen molar-refractivity contribution in [3.63, 3.8) is 0 Å². The van der Waals surface area contributed by atoms with Crippen LogP contribution in [0.3, 0.4) is 0 Å². The van der Waals surface area contributed by atoms with Gasteiger partial charge in [-0.2, -0.15) is 0 Å². The number of carbonyl (C=O) groups excluding carboxylic acids is 1. The van der Waals surface area contributed by atoms with Crippen LogP contribution in [0.4, 0.5) is 0 Å². The summed E-state index contributed by atoms with van der Waals surface area (Å²) >= 11 is 0. The molecule has 2 atom stereocenters. The second-order valence-electron chi connectivity index (χ2n) is 4.85. The maximum atomic E-state index is 11.3. The van der Waals surface area contributed by atoms with E-state index >= 15 is 0 Å². The third-order valence-corrected chi connectivity index (χ3v) is 3.29. The Hall–Kier alpha value is -2.49. The number of ether oxygens (including phenoxy) is 3. The molecule has 0 radical (unpaired) electrons. The molecule has 0 saturated carbocycles. The number of benzene rings is 2. The van der Waals surface area contributed by atoms with Crippen molar-refractivity contribution in [1.29, 1.82) is 0 Å². The third-order valence-electron chi connectivity index (χ3n) is 3.29. The van der Waals surface area contributed by atoms with E-state index in [1.54, 1.807) is 0 Å². The Bertz CT molecular complexity index is 624. The normalized spacial score (nSPS) is 20.4. The third kappa shape index (κ3) is 2.99. The fraction of sp³-hybridized carbons (Fsp3) is 0.235. The molecule has 2 aromatic rings. The molecule has 3 rings (SSSR count). The van der Waals surface area contributed by atoms with Crippen LogP contribution in [0.5, 0.6) is 11.5 Å². The Kier molecular flexibility index (Phi) is 3.77. The van der Waals surface area contributed by atoms with Crippen LogP contribution in [-0.2, 0) is 9.53 Å². The van der Waals surface area contributed by atoms with E-state index in [9.17, 15) is 4.79 Å². The van der Waals surface area contributed by atoms with Crippen LogP contribution in [0.2, 0.25) is 0 Å². The van der Waals surface area contributed by atoms with Gasteiger partial charge in [0.15, 0.2) is 23.7 Å². The first kappa shape index (κ1) is 13.5. The van der Waals surface area contributed by atoms with Gasteiger partial charge in [-0.1, -0.05) is 42.5 Å². The van der Waals surface area contributed by atoms with E-state index in [2.05, 4.69) is 0 Å². The van der Waals surface area contributed by atoms with Gasteiger partial charge in [0.1, 0.15) is 6.61 Å². The summed E-state index contributed by atoms with van der Waals surface area (Å²) in [7, 11) is 0. The van der Waals surface area contributed by atoms with Crippen molar-refractivity contribution in [1.82, 2.24) is 0 Å². The van der Waals surface area contributed by atoms with E-state index in [1.807, 2.05) is 54.6 Å². The van der Waals surface area contributed by atoms with Crippen molar-refractivity contribution in [2.75, 3.05) is 6.61 Å². The minimum absolute atomic E-state index is 0.260. The molecule has 0 bridgehead atoms. The zero-order valence-electron chi connectivity index (χ0n) is 11.7. The van der Waals surface area contributed by atoms with Crippen LogP contribution in [0.1, 0.15) is 18.6 Å². The SMILES string of the molecule is CC(=O)O[C@H]1COc2ccccc2O[C@@H]1c1ccccc1. The van der Waals surface area contributed by atoms with Crippen LogP contribution < -0.4 is 9.47 Å². The first-order valence-electron chi connectivity index (χ1n) is 6.84. The van der Waals surface area contributed by atoms with Gasteiger partial charge in [-0.05, 0) is 17.7 Å². The minimum atomic E-state index is -0.489. The van der Waals surface area contributed by atoms with E-state index in [1.165, 1.54) is 6.92 Å². The van der Waals surface area contributed by atoms with Crippen molar-refractivity contribution in [2.24, 2.45) is 0 Å². The first-order valence-corrected chi connectivity index (χ1v) is 6.84. The van der Waals surface area contributed by atoms with Crippen LogP contribution in [0.15, 0.2) is 54.6 Å². The Morgan fingerprint density at radius 1 is 1.05 bits per heavy atom. The number of carbonyl (C=O) groups is 1. The van der Waals surface area contributed by atoms with Crippen LogP contribution >= 0.6 is 0 Å². The molecule has 0 unspecified atom stereocenters. The Morgan fingerprint density at radius 2 is 1.71 bits per heavy atom. The van der Waals surface area contributed by atoms with Crippen molar-refractivity contribution in [3.05, 3.63) is 60.2 Å². The maximum Gasteiger partial charge on any atom is 0.303 e. The number of fused-ring (bicyclic) bond motifs is 1. The first-order chi connectivity index (χ1) is 10.2. The predicted molar refractivity (Wildman–Crippen MR) is 77.3 cm³/mol. The van der Waals surface area contributed by atoms with Gasteiger partial charge in [0.05, 0.1) is 0 Å². The van der Waals surface area contributed by atoms with E-state index in [0.717, 1.165) is 5.56 Å². The van der Waals surface area contributed by atoms with Gasteiger partial charge in [-0.15, -0.1) is 0 Å². The molecule has 0 spiro atoms. The second-order valence-corrected chi connectivity index (χ2v) is 4.85. The second kappa shape index (κ2) is 5.87. The van der Waals surface area contributed by atoms with E-state index in [0.29, 0.717) is 11.5 Å². The topological polar surface area (TPSA) is 44.8 Å². The Labute approximate surface area is 123 Å². The van der Waals surface area contributed by atoms with E-state index in [-0.39, 0.29) is 12.6 Å². The fourth-order valence-corrected chi connectivity index (χ4v) is 2.37. The summed E-state index contributed by atoms with van der Waals surface area (Å²) < 4.78 is 17.1. The summed E-state index contributed by atoms with van der Waals surface area (Å²) in [6.45, 7) is 1.65. The summed E-state index contributed by atoms with van der Waals surface area (Å²) in [6, 6.07) is 17.2.